The molecular formula is C19H11Cl2F4N3O3S. The van der Waals surface area contributed by atoms with E-state index in [1.165, 1.54) is 24.3 Å². The van der Waals surface area contributed by atoms with Gasteiger partial charge in [-0.05, 0) is 48.5 Å². The van der Waals surface area contributed by atoms with Crippen molar-refractivity contribution in [1.29, 1.82) is 0 Å². The van der Waals surface area contributed by atoms with Crippen LogP contribution in [0.5, 0.6) is 0 Å². The minimum atomic E-state index is -4.90. The van der Waals surface area contributed by atoms with E-state index in [2.05, 4.69) is 15.0 Å². The predicted octanol–water partition coefficient (Wildman–Crippen LogP) is 5.60. The molecular weight excluding hydrogens is 497 g/mol. The molecule has 0 atom stereocenters. The van der Waals surface area contributed by atoms with Crippen molar-refractivity contribution in [2.24, 2.45) is 0 Å². The summed E-state index contributed by atoms with van der Waals surface area (Å²) in [7, 11) is -4.45. The molecule has 3 rings (SSSR count). The number of nitrogens with one attached hydrogen (secondary N) is 2. The Labute approximate surface area is 189 Å². The van der Waals surface area contributed by atoms with Crippen LogP contribution < -0.4 is 10.0 Å². The zero-order chi connectivity index (χ0) is 23.7. The summed E-state index contributed by atoms with van der Waals surface area (Å²) in [5.74, 6) is -2.39. The van der Waals surface area contributed by atoms with Gasteiger partial charge in [0, 0.05) is 22.6 Å². The molecule has 0 saturated carbocycles. The minimum Gasteiger partial charge on any atom is -0.322 e. The molecule has 0 radical (unpaired) electrons. The lowest BCUT2D eigenvalue weighted by atomic mass is 10.1. The summed E-state index contributed by atoms with van der Waals surface area (Å²) in [6.45, 7) is 0. The number of alkyl halides is 3. The number of aromatic nitrogens is 1. The molecule has 0 aliphatic heterocycles. The van der Waals surface area contributed by atoms with Crippen LogP contribution in [-0.2, 0) is 16.2 Å². The Bertz CT molecular complexity index is 1280. The first-order valence-electron chi connectivity index (χ1n) is 8.49. The summed E-state index contributed by atoms with van der Waals surface area (Å²) in [5.41, 5.74) is -2.37. The molecule has 1 heterocycles. The molecule has 0 aliphatic rings. The van der Waals surface area contributed by atoms with Crippen molar-refractivity contribution in [1.82, 2.24) is 4.98 Å². The number of hydrogen-bond donors (Lipinski definition) is 2. The van der Waals surface area contributed by atoms with Crippen molar-refractivity contribution in [2.45, 2.75) is 11.1 Å². The highest BCUT2D eigenvalue weighted by atomic mass is 35.5. The van der Waals surface area contributed by atoms with E-state index in [-0.39, 0.29) is 16.5 Å². The number of sulfonamides is 1. The maximum absolute atomic E-state index is 14.2. The third-order valence-electron chi connectivity index (χ3n) is 4.00. The fraction of sp³-hybridized carbons (Fsp3) is 0.0526. The third kappa shape index (κ3) is 5.47. The molecule has 2 N–H and O–H groups in total. The molecule has 13 heteroatoms. The largest absolute Gasteiger partial charge is 0.418 e. The van der Waals surface area contributed by atoms with E-state index in [4.69, 9.17) is 23.2 Å². The molecule has 3 aromatic rings. The van der Waals surface area contributed by atoms with Gasteiger partial charge in [0.15, 0.2) is 0 Å². The smallest absolute Gasteiger partial charge is 0.322 e. The fourth-order valence-corrected chi connectivity index (χ4v) is 4.00. The van der Waals surface area contributed by atoms with E-state index in [1.807, 2.05) is 0 Å². The Morgan fingerprint density at radius 2 is 1.59 bits per heavy atom. The van der Waals surface area contributed by atoms with Gasteiger partial charge in [-0.3, -0.25) is 9.52 Å². The van der Waals surface area contributed by atoms with Crippen LogP contribution in [0.4, 0.5) is 28.9 Å². The molecule has 0 saturated heterocycles. The molecule has 32 heavy (non-hydrogen) atoms. The van der Waals surface area contributed by atoms with Gasteiger partial charge in [0.05, 0.1) is 11.1 Å². The van der Waals surface area contributed by atoms with Gasteiger partial charge in [0.1, 0.15) is 15.9 Å². The van der Waals surface area contributed by atoms with Crippen molar-refractivity contribution in [3.05, 3.63) is 81.8 Å². The van der Waals surface area contributed by atoms with Crippen molar-refractivity contribution < 1.29 is 30.8 Å². The number of nitrogens with zero attached hydrogens (tertiary/aromatic N) is 1. The van der Waals surface area contributed by atoms with Gasteiger partial charge in [0.2, 0.25) is 0 Å². The van der Waals surface area contributed by atoms with Crippen LogP contribution in [0.3, 0.4) is 0 Å². The number of pyridine rings is 1. The predicted molar refractivity (Wildman–Crippen MR) is 111 cm³/mol. The molecule has 1 amide bonds. The molecule has 0 unspecified atom stereocenters. The highest BCUT2D eigenvalue weighted by Gasteiger charge is 2.36. The number of carbonyl (C=O) groups is 1. The molecule has 168 valence electrons. The number of rotatable bonds is 5. The molecule has 0 bridgehead atoms. The van der Waals surface area contributed by atoms with Gasteiger partial charge in [-0.15, -0.1) is 0 Å². The van der Waals surface area contributed by atoms with Gasteiger partial charge in [-0.25, -0.2) is 17.8 Å². The van der Waals surface area contributed by atoms with Crippen LogP contribution in [0.25, 0.3) is 0 Å². The zero-order valence-corrected chi connectivity index (χ0v) is 17.9. The van der Waals surface area contributed by atoms with Crippen LogP contribution in [-0.4, -0.2) is 19.3 Å². The van der Waals surface area contributed by atoms with E-state index < -0.39 is 43.9 Å². The Kier molecular flexibility index (Phi) is 6.63. The molecule has 0 fully saturated rings. The van der Waals surface area contributed by atoms with E-state index in [1.54, 1.807) is 0 Å². The maximum Gasteiger partial charge on any atom is 0.418 e. The average Bonchev–Trinajstić information content (AvgIpc) is 2.70. The van der Waals surface area contributed by atoms with Crippen molar-refractivity contribution in [3.63, 3.8) is 0 Å². The third-order valence-corrected chi connectivity index (χ3v) is 5.85. The zero-order valence-electron chi connectivity index (χ0n) is 15.5. The number of carbonyl (C=O) groups excluding carboxylic acids is 1. The molecule has 2 aromatic carbocycles. The van der Waals surface area contributed by atoms with Gasteiger partial charge >= 0.3 is 6.18 Å². The minimum absolute atomic E-state index is 0.0875. The second-order valence-electron chi connectivity index (χ2n) is 6.26. The highest BCUT2D eigenvalue weighted by Crippen LogP contribution is 2.33. The SMILES string of the molecule is O=C(Nc1ccc(F)c(S(=O)(=O)Nc2ccc(Cl)cc2)c1)c1cc(Cl)ncc1C(F)(F)F. The fourth-order valence-electron chi connectivity index (χ4n) is 2.56. The normalized spacial score (nSPS) is 11.8. The lowest BCUT2D eigenvalue weighted by Crippen LogP contribution is -2.20. The van der Waals surface area contributed by atoms with Crippen molar-refractivity contribution in [3.8, 4) is 0 Å². The maximum atomic E-state index is 14.2. The van der Waals surface area contributed by atoms with Crippen LogP contribution in [0.15, 0.2) is 59.6 Å². The second kappa shape index (κ2) is 8.93. The first-order chi connectivity index (χ1) is 14.9. The lowest BCUT2D eigenvalue weighted by Gasteiger charge is -2.14. The van der Waals surface area contributed by atoms with Crippen LogP contribution in [0, 0.1) is 5.82 Å². The number of amides is 1. The Morgan fingerprint density at radius 3 is 2.22 bits per heavy atom. The molecule has 1 aromatic heterocycles. The summed E-state index contributed by atoms with van der Waals surface area (Å²) < 4.78 is 81.1. The van der Waals surface area contributed by atoms with Crippen LogP contribution >= 0.6 is 23.2 Å². The Hall–Kier alpha value is -2.89. The first kappa shape index (κ1) is 23.8. The average molecular weight is 508 g/mol. The van der Waals surface area contributed by atoms with Crippen molar-refractivity contribution in [2.75, 3.05) is 10.0 Å². The number of anilines is 2. The number of hydrogen-bond acceptors (Lipinski definition) is 4. The summed E-state index contributed by atoms with van der Waals surface area (Å²) in [6.07, 6.45) is -4.50. The van der Waals surface area contributed by atoms with Crippen LogP contribution in [0.1, 0.15) is 15.9 Å². The Morgan fingerprint density at radius 1 is 0.969 bits per heavy atom. The standard InChI is InChI=1S/C19H11Cl2F4N3O3S/c20-10-1-3-11(4-2-10)28-32(30,31)16-7-12(5-6-15(16)22)27-18(29)13-8-17(21)26-9-14(13)19(23,24)25/h1-9,28H,(H,27,29). The molecule has 0 aliphatic carbocycles. The Balaban J connectivity index is 1.92. The van der Waals surface area contributed by atoms with Gasteiger partial charge in [-0.2, -0.15) is 13.2 Å². The van der Waals surface area contributed by atoms with Gasteiger partial charge in [-0.1, -0.05) is 23.2 Å². The monoisotopic (exact) mass is 507 g/mol. The summed E-state index contributed by atoms with van der Waals surface area (Å²) in [4.78, 5) is 14.9. The molecule has 0 spiro atoms. The summed E-state index contributed by atoms with van der Waals surface area (Å²) in [6, 6.07) is 8.71. The van der Waals surface area contributed by atoms with E-state index in [0.717, 1.165) is 18.2 Å². The van der Waals surface area contributed by atoms with Crippen molar-refractivity contribution >= 4 is 50.5 Å². The number of benzene rings is 2. The summed E-state index contributed by atoms with van der Waals surface area (Å²) in [5, 5.41) is 2.09. The lowest BCUT2D eigenvalue weighted by molar-refractivity contribution is -0.138. The summed E-state index contributed by atoms with van der Waals surface area (Å²) >= 11 is 11.3. The quantitative estimate of drug-likeness (QED) is 0.347. The topological polar surface area (TPSA) is 88.2 Å². The van der Waals surface area contributed by atoms with Gasteiger partial charge < -0.3 is 5.32 Å². The van der Waals surface area contributed by atoms with E-state index in [9.17, 15) is 30.8 Å². The van der Waals surface area contributed by atoms with Gasteiger partial charge in [0.25, 0.3) is 15.9 Å². The second-order valence-corrected chi connectivity index (χ2v) is 8.74. The van der Waals surface area contributed by atoms with E-state index in [0.29, 0.717) is 17.3 Å². The van der Waals surface area contributed by atoms with Crippen LogP contribution in [0.2, 0.25) is 10.2 Å². The number of halogens is 6. The van der Waals surface area contributed by atoms with E-state index >= 15 is 0 Å². The molecule has 6 nitrogen and oxygen atoms in total. The first-order valence-corrected chi connectivity index (χ1v) is 10.7. The highest BCUT2D eigenvalue weighted by molar-refractivity contribution is 7.92.